The molecule has 0 unspecified atom stereocenters. The number of carbonyl (C=O) groups is 1. The van der Waals surface area contributed by atoms with E-state index in [0.717, 1.165) is 0 Å². The highest BCUT2D eigenvalue weighted by Crippen LogP contribution is 2.38. The summed E-state index contributed by atoms with van der Waals surface area (Å²) in [6.45, 7) is 5.22. The molecule has 0 saturated carbocycles. The van der Waals surface area contributed by atoms with Crippen molar-refractivity contribution in [3.05, 3.63) is 34.4 Å². The lowest BCUT2D eigenvalue weighted by Gasteiger charge is -2.23. The summed E-state index contributed by atoms with van der Waals surface area (Å²) in [7, 11) is 0. The fourth-order valence-corrected chi connectivity index (χ4v) is 2.67. The Bertz CT molecular complexity index is 643. The van der Waals surface area contributed by atoms with E-state index in [-0.39, 0.29) is 11.4 Å². The predicted octanol–water partition coefficient (Wildman–Crippen LogP) is 2.38. The second-order valence-corrected chi connectivity index (χ2v) is 6.00. The highest BCUT2D eigenvalue weighted by Gasteiger charge is 2.55. The topological polar surface area (TPSA) is 106 Å². The van der Waals surface area contributed by atoms with Crippen molar-refractivity contribution >= 4 is 11.8 Å². The standard InChI is InChI=1S/C15H17NO8/c1-8-11(12-13(20-8)24-15(2,3)23-12)22-14(17)21-10-6-4-9(5-7-10)16(18)19/h4-8,11-13H,1-3H3/t8-,11+,12-,13-/m1/s1. The van der Waals surface area contributed by atoms with Crippen LogP contribution in [0, 0.1) is 10.1 Å². The molecule has 1 aromatic rings. The third kappa shape index (κ3) is 3.32. The normalized spacial score (nSPS) is 30.6. The number of benzene rings is 1. The Kier molecular flexibility index (Phi) is 4.16. The monoisotopic (exact) mass is 339 g/mol. The zero-order valence-electron chi connectivity index (χ0n) is 13.3. The second-order valence-electron chi connectivity index (χ2n) is 6.00. The summed E-state index contributed by atoms with van der Waals surface area (Å²) in [6, 6.07) is 5.09. The molecular formula is C15H17NO8. The predicted molar refractivity (Wildman–Crippen MR) is 78.4 cm³/mol. The summed E-state index contributed by atoms with van der Waals surface area (Å²) in [5, 5.41) is 10.6. The van der Waals surface area contributed by atoms with Crippen LogP contribution in [0.25, 0.3) is 0 Å². The maximum absolute atomic E-state index is 12.0. The quantitative estimate of drug-likeness (QED) is 0.357. The average molecular weight is 339 g/mol. The number of ether oxygens (including phenoxy) is 5. The van der Waals surface area contributed by atoms with Gasteiger partial charge in [0.1, 0.15) is 5.75 Å². The van der Waals surface area contributed by atoms with E-state index in [1.807, 2.05) is 0 Å². The zero-order chi connectivity index (χ0) is 17.5. The van der Waals surface area contributed by atoms with Gasteiger partial charge in [-0.25, -0.2) is 4.79 Å². The maximum Gasteiger partial charge on any atom is 0.514 e. The first kappa shape index (κ1) is 16.6. The number of carbonyl (C=O) groups excluding carboxylic acids is 1. The number of hydrogen-bond acceptors (Lipinski definition) is 8. The van der Waals surface area contributed by atoms with Crippen LogP contribution >= 0.6 is 0 Å². The van der Waals surface area contributed by atoms with E-state index in [4.69, 9.17) is 23.7 Å². The maximum atomic E-state index is 12.0. The highest BCUT2D eigenvalue weighted by molar-refractivity contribution is 5.64. The van der Waals surface area contributed by atoms with E-state index in [0.29, 0.717) is 0 Å². The minimum Gasteiger partial charge on any atom is -0.425 e. The Morgan fingerprint density at radius 3 is 2.54 bits per heavy atom. The van der Waals surface area contributed by atoms with Crippen LogP contribution in [-0.2, 0) is 18.9 Å². The van der Waals surface area contributed by atoms with Crippen LogP contribution in [0.5, 0.6) is 5.75 Å². The molecule has 2 saturated heterocycles. The molecule has 0 aliphatic carbocycles. The first-order chi connectivity index (χ1) is 11.2. The van der Waals surface area contributed by atoms with E-state index in [1.165, 1.54) is 24.3 Å². The molecule has 4 atom stereocenters. The number of rotatable bonds is 3. The first-order valence-electron chi connectivity index (χ1n) is 7.39. The zero-order valence-corrected chi connectivity index (χ0v) is 13.3. The van der Waals surface area contributed by atoms with Gasteiger partial charge in [0, 0.05) is 12.1 Å². The van der Waals surface area contributed by atoms with Crippen molar-refractivity contribution in [2.24, 2.45) is 0 Å². The molecule has 0 radical (unpaired) electrons. The van der Waals surface area contributed by atoms with Gasteiger partial charge in [-0.15, -0.1) is 0 Å². The smallest absolute Gasteiger partial charge is 0.425 e. The largest absolute Gasteiger partial charge is 0.514 e. The fraction of sp³-hybridized carbons (Fsp3) is 0.533. The summed E-state index contributed by atoms with van der Waals surface area (Å²) in [4.78, 5) is 22.0. The fourth-order valence-electron chi connectivity index (χ4n) is 2.67. The third-order valence-corrected chi connectivity index (χ3v) is 3.70. The molecule has 9 nitrogen and oxygen atoms in total. The number of non-ortho nitro benzene ring substituents is 1. The SMILES string of the molecule is C[C@H]1O[C@@H]2OC(C)(C)O[C@@H]2[C@H]1OC(=O)Oc1ccc([N+](=O)[O-])cc1. The molecule has 9 heteroatoms. The van der Waals surface area contributed by atoms with Crippen molar-refractivity contribution in [1.29, 1.82) is 0 Å². The Morgan fingerprint density at radius 1 is 1.25 bits per heavy atom. The summed E-state index contributed by atoms with van der Waals surface area (Å²) in [5.74, 6) is -0.683. The molecule has 0 bridgehead atoms. The molecule has 2 aliphatic rings. The molecule has 1 aromatic carbocycles. The van der Waals surface area contributed by atoms with E-state index >= 15 is 0 Å². The molecule has 2 aliphatic heterocycles. The lowest BCUT2D eigenvalue weighted by Crippen LogP contribution is -2.38. The number of hydrogen-bond donors (Lipinski definition) is 0. The Hall–Kier alpha value is -2.23. The van der Waals surface area contributed by atoms with Crippen molar-refractivity contribution < 1.29 is 33.4 Å². The van der Waals surface area contributed by atoms with Crippen molar-refractivity contribution in [2.75, 3.05) is 0 Å². The van der Waals surface area contributed by atoms with Crippen LogP contribution in [0.2, 0.25) is 0 Å². The van der Waals surface area contributed by atoms with E-state index in [1.54, 1.807) is 20.8 Å². The highest BCUT2D eigenvalue weighted by atomic mass is 16.8. The van der Waals surface area contributed by atoms with Crippen LogP contribution in [0.1, 0.15) is 20.8 Å². The van der Waals surface area contributed by atoms with Crippen LogP contribution in [-0.4, -0.2) is 41.5 Å². The minimum atomic E-state index is -0.946. The Morgan fingerprint density at radius 2 is 1.92 bits per heavy atom. The molecule has 2 fully saturated rings. The summed E-state index contributed by atoms with van der Waals surface area (Å²) in [6.07, 6.45) is -3.19. The van der Waals surface area contributed by atoms with Crippen molar-refractivity contribution in [3.63, 3.8) is 0 Å². The van der Waals surface area contributed by atoms with Crippen LogP contribution in [0.3, 0.4) is 0 Å². The average Bonchev–Trinajstić information content (AvgIpc) is 2.92. The third-order valence-electron chi connectivity index (χ3n) is 3.70. The van der Waals surface area contributed by atoms with Crippen molar-refractivity contribution in [2.45, 2.75) is 51.2 Å². The van der Waals surface area contributed by atoms with Gasteiger partial charge in [-0.3, -0.25) is 10.1 Å². The Balaban J connectivity index is 1.61. The van der Waals surface area contributed by atoms with Gasteiger partial charge in [0.15, 0.2) is 24.3 Å². The number of nitro groups is 1. The second kappa shape index (κ2) is 6.00. The summed E-state index contributed by atoms with van der Waals surface area (Å²) < 4.78 is 27.1. The van der Waals surface area contributed by atoms with Gasteiger partial charge in [0.05, 0.1) is 11.0 Å². The van der Waals surface area contributed by atoms with E-state index in [9.17, 15) is 14.9 Å². The van der Waals surface area contributed by atoms with Crippen molar-refractivity contribution in [3.8, 4) is 5.75 Å². The molecule has 2 heterocycles. The summed E-state index contributed by atoms with van der Waals surface area (Å²) >= 11 is 0. The minimum absolute atomic E-state index is 0.102. The van der Waals surface area contributed by atoms with Gasteiger partial charge in [-0.2, -0.15) is 0 Å². The molecule has 0 N–H and O–H groups in total. The molecule has 0 amide bonds. The van der Waals surface area contributed by atoms with E-state index in [2.05, 4.69) is 0 Å². The number of nitro benzene ring substituents is 1. The molecular weight excluding hydrogens is 322 g/mol. The molecule has 24 heavy (non-hydrogen) atoms. The van der Waals surface area contributed by atoms with Crippen LogP contribution < -0.4 is 4.74 Å². The number of nitrogens with zero attached hydrogens (tertiary/aromatic N) is 1. The van der Waals surface area contributed by atoms with E-state index < -0.39 is 41.5 Å². The van der Waals surface area contributed by atoms with Crippen molar-refractivity contribution in [1.82, 2.24) is 0 Å². The van der Waals surface area contributed by atoms with Gasteiger partial charge >= 0.3 is 6.16 Å². The number of fused-ring (bicyclic) bond motifs is 1. The van der Waals surface area contributed by atoms with Gasteiger partial charge in [0.25, 0.3) is 5.69 Å². The van der Waals surface area contributed by atoms with Crippen LogP contribution in [0.15, 0.2) is 24.3 Å². The molecule has 0 spiro atoms. The van der Waals surface area contributed by atoms with Gasteiger partial charge in [0.2, 0.25) is 0 Å². The lowest BCUT2D eigenvalue weighted by atomic mass is 10.1. The Labute approximate surface area is 137 Å². The van der Waals surface area contributed by atoms with Gasteiger partial charge < -0.3 is 23.7 Å². The molecule has 3 rings (SSSR count). The lowest BCUT2D eigenvalue weighted by molar-refractivity contribution is -0.384. The molecule has 130 valence electrons. The van der Waals surface area contributed by atoms with Gasteiger partial charge in [-0.05, 0) is 32.9 Å². The summed E-state index contributed by atoms with van der Waals surface area (Å²) in [5.41, 5.74) is -0.102. The van der Waals surface area contributed by atoms with Crippen LogP contribution in [0.4, 0.5) is 10.5 Å². The first-order valence-corrected chi connectivity index (χ1v) is 7.39. The molecule has 0 aromatic heterocycles. The van der Waals surface area contributed by atoms with Gasteiger partial charge in [-0.1, -0.05) is 0 Å².